The maximum absolute atomic E-state index is 14.0. The summed E-state index contributed by atoms with van der Waals surface area (Å²) in [4.78, 5) is 2.27. The molecule has 2 fully saturated rings. The highest BCUT2D eigenvalue weighted by Crippen LogP contribution is 2.32. The van der Waals surface area contributed by atoms with Crippen LogP contribution in [0.2, 0.25) is 0 Å². The van der Waals surface area contributed by atoms with Crippen molar-refractivity contribution in [3.63, 3.8) is 0 Å². The number of anilines is 1. The minimum Gasteiger partial charge on any atom is -0.363 e. The predicted molar refractivity (Wildman–Crippen MR) is 67.9 cm³/mol. The molecule has 1 heterocycles. The second kappa shape index (κ2) is 4.30. The van der Waals surface area contributed by atoms with E-state index in [4.69, 9.17) is 0 Å². The summed E-state index contributed by atoms with van der Waals surface area (Å²) in [6.07, 6.45) is 3.67. The monoisotopic (exact) mass is 234 g/mol. The Balaban J connectivity index is 1.91. The summed E-state index contributed by atoms with van der Waals surface area (Å²) in [5, 5.41) is 3.55. The van der Waals surface area contributed by atoms with Crippen LogP contribution in [0.15, 0.2) is 18.2 Å². The highest BCUT2D eigenvalue weighted by atomic mass is 19.1. The molecule has 17 heavy (non-hydrogen) atoms. The van der Waals surface area contributed by atoms with Gasteiger partial charge in [-0.25, -0.2) is 4.39 Å². The molecule has 0 aromatic heterocycles. The predicted octanol–water partition coefficient (Wildman–Crippen LogP) is 2.46. The van der Waals surface area contributed by atoms with Crippen molar-refractivity contribution in [3.8, 4) is 0 Å². The van der Waals surface area contributed by atoms with Gasteiger partial charge in [0, 0.05) is 25.2 Å². The van der Waals surface area contributed by atoms with Gasteiger partial charge in [0.25, 0.3) is 0 Å². The van der Waals surface area contributed by atoms with Crippen LogP contribution in [0.5, 0.6) is 0 Å². The molecule has 0 bridgehead atoms. The molecule has 1 N–H and O–H groups in total. The van der Waals surface area contributed by atoms with Crippen molar-refractivity contribution in [2.24, 2.45) is 0 Å². The number of hydrogen-bond acceptors (Lipinski definition) is 2. The third-order valence-corrected chi connectivity index (χ3v) is 4.05. The van der Waals surface area contributed by atoms with E-state index in [9.17, 15) is 4.39 Å². The van der Waals surface area contributed by atoms with Crippen molar-refractivity contribution < 1.29 is 4.39 Å². The number of aryl methyl sites for hydroxylation is 1. The van der Waals surface area contributed by atoms with E-state index in [2.05, 4.69) is 10.2 Å². The number of piperazine rings is 1. The molecule has 1 aromatic rings. The Morgan fingerprint density at radius 3 is 3.06 bits per heavy atom. The number of hydrogen-bond donors (Lipinski definition) is 1. The zero-order valence-corrected chi connectivity index (χ0v) is 10.2. The Morgan fingerprint density at radius 2 is 2.24 bits per heavy atom. The van der Waals surface area contributed by atoms with Crippen molar-refractivity contribution in [1.82, 2.24) is 5.32 Å². The molecule has 1 aliphatic carbocycles. The van der Waals surface area contributed by atoms with Crippen molar-refractivity contribution in [3.05, 3.63) is 29.6 Å². The van der Waals surface area contributed by atoms with E-state index in [0.29, 0.717) is 12.1 Å². The Hall–Kier alpha value is -1.09. The first-order chi connectivity index (χ1) is 8.25. The van der Waals surface area contributed by atoms with Crippen LogP contribution in [0.25, 0.3) is 0 Å². The van der Waals surface area contributed by atoms with Crippen LogP contribution in [0.1, 0.15) is 24.8 Å². The zero-order valence-electron chi connectivity index (χ0n) is 10.2. The van der Waals surface area contributed by atoms with E-state index in [1.165, 1.54) is 19.3 Å². The third kappa shape index (κ3) is 1.93. The van der Waals surface area contributed by atoms with E-state index in [0.717, 1.165) is 24.3 Å². The molecule has 0 radical (unpaired) electrons. The van der Waals surface area contributed by atoms with Gasteiger partial charge in [0.1, 0.15) is 5.82 Å². The summed E-state index contributed by atoms with van der Waals surface area (Å²) in [6, 6.07) is 6.63. The quantitative estimate of drug-likeness (QED) is 0.803. The fraction of sp³-hybridized carbons (Fsp3) is 0.571. The first-order valence-electron chi connectivity index (χ1n) is 6.52. The highest BCUT2D eigenvalue weighted by molar-refractivity contribution is 5.51. The van der Waals surface area contributed by atoms with Crippen LogP contribution >= 0.6 is 0 Å². The van der Waals surface area contributed by atoms with E-state index in [1.807, 2.05) is 19.1 Å². The summed E-state index contributed by atoms with van der Waals surface area (Å²) < 4.78 is 14.0. The average molecular weight is 234 g/mol. The summed E-state index contributed by atoms with van der Waals surface area (Å²) in [6.45, 7) is 3.82. The maximum atomic E-state index is 14.0. The molecule has 1 saturated carbocycles. The molecular formula is C14H19FN2. The largest absolute Gasteiger partial charge is 0.363 e. The number of benzene rings is 1. The van der Waals surface area contributed by atoms with Gasteiger partial charge in [-0.1, -0.05) is 6.07 Å². The van der Waals surface area contributed by atoms with Crippen molar-refractivity contribution in [1.29, 1.82) is 0 Å². The van der Waals surface area contributed by atoms with Gasteiger partial charge in [-0.15, -0.1) is 0 Å². The number of rotatable bonds is 1. The van der Waals surface area contributed by atoms with E-state index >= 15 is 0 Å². The topological polar surface area (TPSA) is 15.3 Å². The average Bonchev–Trinajstić information content (AvgIpc) is 2.77. The van der Waals surface area contributed by atoms with Crippen LogP contribution in [-0.2, 0) is 0 Å². The van der Waals surface area contributed by atoms with Crippen LogP contribution in [0.3, 0.4) is 0 Å². The van der Waals surface area contributed by atoms with E-state index < -0.39 is 0 Å². The third-order valence-electron chi connectivity index (χ3n) is 4.05. The van der Waals surface area contributed by atoms with Gasteiger partial charge in [0.05, 0.1) is 5.69 Å². The molecule has 0 spiro atoms. The smallest absolute Gasteiger partial charge is 0.146 e. The first-order valence-corrected chi connectivity index (χ1v) is 6.52. The molecule has 1 aliphatic heterocycles. The van der Waals surface area contributed by atoms with Crippen LogP contribution in [-0.4, -0.2) is 25.2 Å². The lowest BCUT2D eigenvalue weighted by Crippen LogP contribution is -2.55. The Labute approximate surface area is 102 Å². The van der Waals surface area contributed by atoms with Gasteiger partial charge >= 0.3 is 0 Å². The standard InChI is InChI=1S/C14H19FN2/c1-10-5-6-13(11(15)9-10)17-8-7-16-12-3-2-4-14(12)17/h5-6,9,12,14,16H,2-4,7-8H2,1H3/t12-,14-/m0/s1. The Morgan fingerprint density at radius 1 is 1.35 bits per heavy atom. The molecule has 1 saturated heterocycles. The van der Waals surface area contributed by atoms with Crippen molar-refractivity contribution in [2.75, 3.05) is 18.0 Å². The van der Waals surface area contributed by atoms with Crippen LogP contribution in [0, 0.1) is 12.7 Å². The van der Waals surface area contributed by atoms with Gasteiger partial charge in [0.2, 0.25) is 0 Å². The normalized spacial score (nSPS) is 28.2. The zero-order chi connectivity index (χ0) is 11.8. The minimum atomic E-state index is -0.0717. The van der Waals surface area contributed by atoms with Gasteiger partial charge in [0.15, 0.2) is 0 Å². The van der Waals surface area contributed by atoms with Gasteiger partial charge in [-0.05, 0) is 43.9 Å². The van der Waals surface area contributed by atoms with Gasteiger partial charge in [-0.3, -0.25) is 0 Å². The maximum Gasteiger partial charge on any atom is 0.146 e. The fourth-order valence-electron chi connectivity index (χ4n) is 3.23. The minimum absolute atomic E-state index is 0.0717. The summed E-state index contributed by atoms with van der Waals surface area (Å²) in [7, 11) is 0. The SMILES string of the molecule is Cc1ccc(N2CCN[C@H]3CCC[C@@H]32)c(F)c1. The summed E-state index contributed by atoms with van der Waals surface area (Å²) in [5.41, 5.74) is 1.78. The lowest BCUT2D eigenvalue weighted by molar-refractivity contribution is 0.400. The Bertz CT molecular complexity index is 419. The number of nitrogens with one attached hydrogen (secondary N) is 1. The molecule has 0 amide bonds. The van der Waals surface area contributed by atoms with E-state index in [-0.39, 0.29) is 5.82 Å². The molecule has 2 atom stereocenters. The lowest BCUT2D eigenvalue weighted by atomic mass is 10.1. The molecular weight excluding hydrogens is 215 g/mol. The molecule has 2 nitrogen and oxygen atoms in total. The van der Waals surface area contributed by atoms with Crippen molar-refractivity contribution >= 4 is 5.69 Å². The number of fused-ring (bicyclic) bond motifs is 1. The van der Waals surface area contributed by atoms with Gasteiger partial charge in [-0.2, -0.15) is 0 Å². The van der Waals surface area contributed by atoms with Crippen LogP contribution < -0.4 is 10.2 Å². The molecule has 2 aliphatic rings. The summed E-state index contributed by atoms with van der Waals surface area (Å²) >= 11 is 0. The second-order valence-electron chi connectivity index (χ2n) is 5.21. The molecule has 3 heteroatoms. The molecule has 92 valence electrons. The first kappa shape index (κ1) is 11.0. The van der Waals surface area contributed by atoms with Crippen LogP contribution in [0.4, 0.5) is 10.1 Å². The lowest BCUT2D eigenvalue weighted by Gasteiger charge is -2.40. The summed E-state index contributed by atoms with van der Waals surface area (Å²) in [5.74, 6) is -0.0717. The second-order valence-corrected chi connectivity index (χ2v) is 5.21. The fourth-order valence-corrected chi connectivity index (χ4v) is 3.23. The molecule has 1 aromatic carbocycles. The van der Waals surface area contributed by atoms with E-state index in [1.54, 1.807) is 6.07 Å². The number of nitrogens with zero attached hydrogens (tertiary/aromatic N) is 1. The highest BCUT2D eigenvalue weighted by Gasteiger charge is 2.35. The molecule has 0 unspecified atom stereocenters. The Kier molecular flexibility index (Phi) is 2.79. The molecule has 3 rings (SSSR count). The number of halogens is 1. The van der Waals surface area contributed by atoms with Crippen molar-refractivity contribution in [2.45, 2.75) is 38.3 Å². The van der Waals surface area contributed by atoms with Gasteiger partial charge < -0.3 is 10.2 Å².